The van der Waals surface area contributed by atoms with Crippen LogP contribution in [0.4, 0.5) is 0 Å². The van der Waals surface area contributed by atoms with Gasteiger partial charge in [0.25, 0.3) is 0 Å². The molecule has 25 heavy (non-hydrogen) atoms. The first-order valence-electron chi connectivity index (χ1n) is 8.97. The highest BCUT2D eigenvalue weighted by Gasteiger charge is 2.40. The standard InChI is InChI=1S/C19H28N2O4/c1-21(13-15-3-5-17(23-2)6-4-15)14-18(22)20-16-7-9-19(10-8-16)24-11-12-25-19/h3-6,16H,7-14H2,1-2H3,(H,20,22). The maximum Gasteiger partial charge on any atom is 0.234 e. The highest BCUT2D eigenvalue weighted by atomic mass is 16.7. The fraction of sp³-hybridized carbons (Fsp3) is 0.632. The van der Waals surface area contributed by atoms with Crippen LogP contribution in [0.15, 0.2) is 24.3 Å². The van der Waals surface area contributed by atoms with Crippen LogP contribution in [0, 0.1) is 0 Å². The molecule has 0 atom stereocenters. The molecule has 2 fully saturated rings. The van der Waals surface area contributed by atoms with Crippen molar-refractivity contribution in [1.29, 1.82) is 0 Å². The molecule has 1 aromatic rings. The Labute approximate surface area is 149 Å². The first kappa shape index (κ1) is 18.2. The van der Waals surface area contributed by atoms with Gasteiger partial charge in [-0.2, -0.15) is 0 Å². The average Bonchev–Trinajstić information content (AvgIpc) is 3.06. The van der Waals surface area contributed by atoms with Crippen molar-refractivity contribution in [3.05, 3.63) is 29.8 Å². The van der Waals surface area contributed by atoms with Crippen LogP contribution >= 0.6 is 0 Å². The van der Waals surface area contributed by atoms with E-state index in [1.807, 2.05) is 36.2 Å². The molecule has 0 aromatic heterocycles. The molecule has 0 unspecified atom stereocenters. The van der Waals surface area contributed by atoms with Gasteiger partial charge in [-0.05, 0) is 37.6 Å². The Kier molecular flexibility index (Phi) is 5.93. The van der Waals surface area contributed by atoms with Gasteiger partial charge in [0, 0.05) is 25.4 Å². The highest BCUT2D eigenvalue weighted by molar-refractivity contribution is 5.78. The van der Waals surface area contributed by atoms with Crippen molar-refractivity contribution in [2.75, 3.05) is 33.9 Å². The number of nitrogens with one attached hydrogen (secondary N) is 1. The lowest BCUT2D eigenvalue weighted by Crippen LogP contribution is -2.46. The molecule has 1 spiro atoms. The molecule has 1 aliphatic heterocycles. The van der Waals surface area contributed by atoms with Gasteiger partial charge in [-0.3, -0.25) is 9.69 Å². The third-order valence-electron chi connectivity index (χ3n) is 4.95. The van der Waals surface area contributed by atoms with Crippen LogP contribution in [0.25, 0.3) is 0 Å². The van der Waals surface area contributed by atoms with Crippen LogP contribution in [0.1, 0.15) is 31.2 Å². The van der Waals surface area contributed by atoms with Crippen molar-refractivity contribution in [3.63, 3.8) is 0 Å². The van der Waals surface area contributed by atoms with Gasteiger partial charge in [0.2, 0.25) is 5.91 Å². The van der Waals surface area contributed by atoms with Crippen LogP contribution in [0.2, 0.25) is 0 Å². The van der Waals surface area contributed by atoms with E-state index in [2.05, 4.69) is 5.32 Å². The summed E-state index contributed by atoms with van der Waals surface area (Å²) in [7, 11) is 3.61. The second-order valence-corrected chi connectivity index (χ2v) is 6.97. The zero-order valence-corrected chi connectivity index (χ0v) is 15.1. The summed E-state index contributed by atoms with van der Waals surface area (Å²) < 4.78 is 16.6. The summed E-state index contributed by atoms with van der Waals surface area (Å²) in [5.41, 5.74) is 1.16. The molecule has 3 rings (SSSR count). The molecular weight excluding hydrogens is 320 g/mol. The number of benzene rings is 1. The van der Waals surface area contributed by atoms with E-state index in [4.69, 9.17) is 14.2 Å². The second kappa shape index (κ2) is 8.17. The van der Waals surface area contributed by atoms with Gasteiger partial charge in [-0.25, -0.2) is 0 Å². The number of carbonyl (C=O) groups is 1. The summed E-state index contributed by atoms with van der Waals surface area (Å²) in [5, 5.41) is 3.15. The van der Waals surface area contributed by atoms with Crippen LogP contribution in [0.5, 0.6) is 5.75 Å². The average molecular weight is 348 g/mol. The topological polar surface area (TPSA) is 60.0 Å². The van der Waals surface area contributed by atoms with Gasteiger partial charge < -0.3 is 19.5 Å². The largest absolute Gasteiger partial charge is 0.497 e. The first-order chi connectivity index (χ1) is 12.1. The number of rotatable bonds is 6. The Hall–Kier alpha value is -1.63. The van der Waals surface area contributed by atoms with Gasteiger partial charge in [0.05, 0.1) is 26.9 Å². The molecule has 6 heteroatoms. The zero-order chi connectivity index (χ0) is 17.7. The monoisotopic (exact) mass is 348 g/mol. The summed E-state index contributed by atoms with van der Waals surface area (Å²) in [6, 6.07) is 8.15. The van der Waals surface area contributed by atoms with Crippen LogP contribution in [-0.2, 0) is 20.8 Å². The normalized spacial score (nSPS) is 20.1. The molecule has 1 aromatic carbocycles. The number of likely N-dealkylation sites (N-methyl/N-ethyl adjacent to an activating group) is 1. The van der Waals surface area contributed by atoms with Crippen molar-refractivity contribution >= 4 is 5.91 Å². The molecule has 6 nitrogen and oxygen atoms in total. The summed E-state index contributed by atoms with van der Waals surface area (Å²) in [5.74, 6) is 0.548. The minimum absolute atomic E-state index is 0.0743. The van der Waals surface area contributed by atoms with E-state index in [0.717, 1.165) is 43.5 Å². The van der Waals surface area contributed by atoms with Crippen molar-refractivity contribution in [2.24, 2.45) is 0 Å². The van der Waals surface area contributed by atoms with Crippen LogP contribution in [0.3, 0.4) is 0 Å². The molecule has 1 saturated heterocycles. The number of nitrogens with zero attached hydrogens (tertiary/aromatic N) is 1. The Morgan fingerprint density at radius 3 is 2.48 bits per heavy atom. The van der Waals surface area contributed by atoms with E-state index in [9.17, 15) is 4.79 Å². The Morgan fingerprint density at radius 1 is 1.24 bits per heavy atom. The van der Waals surface area contributed by atoms with Crippen molar-refractivity contribution in [3.8, 4) is 5.75 Å². The van der Waals surface area contributed by atoms with Crippen molar-refractivity contribution < 1.29 is 19.0 Å². The smallest absolute Gasteiger partial charge is 0.234 e. The predicted molar refractivity (Wildman–Crippen MR) is 94.4 cm³/mol. The molecule has 1 aliphatic carbocycles. The highest BCUT2D eigenvalue weighted by Crippen LogP contribution is 2.35. The van der Waals surface area contributed by atoms with Gasteiger partial charge in [-0.1, -0.05) is 12.1 Å². The van der Waals surface area contributed by atoms with E-state index >= 15 is 0 Å². The summed E-state index contributed by atoms with van der Waals surface area (Å²) in [6.07, 6.45) is 3.54. The lowest BCUT2D eigenvalue weighted by atomic mass is 9.90. The summed E-state index contributed by atoms with van der Waals surface area (Å²) in [6.45, 7) is 2.49. The third-order valence-corrected chi connectivity index (χ3v) is 4.95. The van der Waals surface area contributed by atoms with Gasteiger partial charge in [0.1, 0.15) is 5.75 Å². The molecule has 0 bridgehead atoms. The van der Waals surface area contributed by atoms with Crippen LogP contribution in [-0.4, -0.2) is 56.6 Å². The number of carbonyl (C=O) groups excluding carboxylic acids is 1. The van der Waals surface area contributed by atoms with E-state index in [1.54, 1.807) is 7.11 Å². The lowest BCUT2D eigenvalue weighted by molar-refractivity contribution is -0.180. The minimum Gasteiger partial charge on any atom is -0.497 e. The fourth-order valence-electron chi connectivity index (χ4n) is 3.60. The minimum atomic E-state index is -0.369. The SMILES string of the molecule is COc1ccc(CN(C)CC(=O)NC2CCC3(CC2)OCCO3)cc1. The Bertz CT molecular complexity index is 559. The maximum absolute atomic E-state index is 12.3. The Morgan fingerprint density at radius 2 is 1.88 bits per heavy atom. The fourth-order valence-corrected chi connectivity index (χ4v) is 3.60. The van der Waals surface area contributed by atoms with Crippen molar-refractivity contribution in [2.45, 2.75) is 44.1 Å². The van der Waals surface area contributed by atoms with Crippen LogP contribution < -0.4 is 10.1 Å². The molecule has 0 radical (unpaired) electrons. The van der Waals surface area contributed by atoms with E-state index in [-0.39, 0.29) is 17.7 Å². The van der Waals surface area contributed by atoms with Gasteiger partial charge in [0.15, 0.2) is 5.79 Å². The molecular formula is C19H28N2O4. The Balaban J connectivity index is 1.39. The number of hydrogen-bond acceptors (Lipinski definition) is 5. The molecule has 1 heterocycles. The van der Waals surface area contributed by atoms with E-state index in [0.29, 0.717) is 19.8 Å². The second-order valence-electron chi connectivity index (χ2n) is 6.97. The summed E-state index contributed by atoms with van der Waals surface area (Å²) in [4.78, 5) is 14.3. The lowest BCUT2D eigenvalue weighted by Gasteiger charge is -2.35. The first-order valence-corrected chi connectivity index (χ1v) is 8.97. The molecule has 1 saturated carbocycles. The zero-order valence-electron chi connectivity index (χ0n) is 15.1. The number of ether oxygens (including phenoxy) is 3. The van der Waals surface area contributed by atoms with Gasteiger partial charge in [-0.15, -0.1) is 0 Å². The number of methoxy groups -OCH3 is 1. The van der Waals surface area contributed by atoms with E-state index < -0.39 is 0 Å². The maximum atomic E-state index is 12.3. The van der Waals surface area contributed by atoms with Gasteiger partial charge >= 0.3 is 0 Å². The summed E-state index contributed by atoms with van der Waals surface area (Å²) >= 11 is 0. The quantitative estimate of drug-likeness (QED) is 0.851. The molecule has 138 valence electrons. The van der Waals surface area contributed by atoms with Crippen molar-refractivity contribution in [1.82, 2.24) is 10.2 Å². The number of amides is 1. The van der Waals surface area contributed by atoms with E-state index in [1.165, 1.54) is 0 Å². The number of hydrogen-bond donors (Lipinski definition) is 1. The molecule has 2 aliphatic rings. The molecule has 1 N–H and O–H groups in total. The molecule has 1 amide bonds. The third kappa shape index (κ3) is 4.93. The predicted octanol–water partition coefficient (Wildman–Crippen LogP) is 1.93.